The number of nitrogens with zero attached hydrogens (tertiary/aromatic N) is 1. The maximum absolute atomic E-state index is 14.0. The predicted octanol–water partition coefficient (Wildman–Crippen LogP) is 2.64. The number of anilines is 1. The highest BCUT2D eigenvalue weighted by atomic mass is 19.1. The molecule has 2 fully saturated rings. The minimum absolute atomic E-state index is 0.0278. The summed E-state index contributed by atoms with van der Waals surface area (Å²) in [6.45, 7) is 0.549. The van der Waals surface area contributed by atoms with Gasteiger partial charge in [-0.25, -0.2) is 4.39 Å². The van der Waals surface area contributed by atoms with Crippen molar-refractivity contribution >= 4 is 17.6 Å². The second kappa shape index (κ2) is 7.95. The monoisotopic (exact) mass is 348 g/mol. The van der Waals surface area contributed by atoms with Crippen molar-refractivity contribution in [1.82, 2.24) is 5.32 Å². The highest BCUT2D eigenvalue weighted by molar-refractivity contribution is 5.98. The Hall–Kier alpha value is -1.95. The van der Waals surface area contributed by atoms with Gasteiger partial charge in [-0.1, -0.05) is 12.1 Å². The Morgan fingerprint density at radius 1 is 1.20 bits per heavy atom. The van der Waals surface area contributed by atoms with Crippen LogP contribution < -0.4 is 10.2 Å². The average Bonchev–Trinajstić information content (AvgIpc) is 2.64. The molecule has 1 N–H and O–H groups in total. The summed E-state index contributed by atoms with van der Waals surface area (Å²) >= 11 is 0. The minimum Gasteiger partial charge on any atom is -0.469 e. The largest absolute Gasteiger partial charge is 0.469 e. The van der Waals surface area contributed by atoms with Crippen molar-refractivity contribution in [2.75, 3.05) is 18.6 Å². The highest BCUT2D eigenvalue weighted by Gasteiger charge is 2.34. The first-order valence-electron chi connectivity index (χ1n) is 9.00. The number of para-hydroxylation sites is 1. The maximum Gasteiger partial charge on any atom is 0.308 e. The smallest absolute Gasteiger partial charge is 0.308 e. The van der Waals surface area contributed by atoms with E-state index >= 15 is 0 Å². The zero-order valence-corrected chi connectivity index (χ0v) is 14.5. The topological polar surface area (TPSA) is 58.6 Å². The number of carbonyl (C=O) groups excluding carboxylic acids is 2. The molecule has 5 nitrogen and oxygen atoms in total. The van der Waals surface area contributed by atoms with Gasteiger partial charge in [0.2, 0.25) is 5.91 Å². The molecule has 1 aromatic rings. The average molecular weight is 348 g/mol. The molecule has 1 amide bonds. The van der Waals surface area contributed by atoms with Crippen molar-refractivity contribution in [3.8, 4) is 0 Å². The second-order valence-corrected chi connectivity index (χ2v) is 6.87. The van der Waals surface area contributed by atoms with E-state index in [0.717, 1.165) is 38.5 Å². The minimum atomic E-state index is -0.366. The molecule has 0 spiro atoms. The van der Waals surface area contributed by atoms with Crippen LogP contribution in [0.25, 0.3) is 0 Å². The number of nitrogens with one attached hydrogen (secondary N) is 1. The van der Waals surface area contributed by atoms with E-state index in [1.165, 1.54) is 13.2 Å². The van der Waals surface area contributed by atoms with E-state index in [1.807, 2.05) is 0 Å². The molecule has 1 heterocycles. The highest BCUT2D eigenvalue weighted by Crippen LogP contribution is 2.28. The number of benzene rings is 1. The summed E-state index contributed by atoms with van der Waals surface area (Å²) in [6.07, 6.45) is 4.87. The first kappa shape index (κ1) is 17.9. The molecular formula is C19H25FN2O3. The van der Waals surface area contributed by atoms with Gasteiger partial charge in [-0.2, -0.15) is 0 Å². The van der Waals surface area contributed by atoms with Crippen LogP contribution in [0.4, 0.5) is 10.1 Å². The van der Waals surface area contributed by atoms with Gasteiger partial charge in [0.05, 0.1) is 24.8 Å². The first-order valence-corrected chi connectivity index (χ1v) is 9.00. The number of hydrogen-bond donors (Lipinski definition) is 1. The molecule has 136 valence electrons. The van der Waals surface area contributed by atoms with Gasteiger partial charge < -0.3 is 15.0 Å². The molecule has 25 heavy (non-hydrogen) atoms. The molecule has 1 saturated carbocycles. The van der Waals surface area contributed by atoms with Crippen LogP contribution in [0.5, 0.6) is 0 Å². The van der Waals surface area contributed by atoms with Crippen LogP contribution in [0.2, 0.25) is 0 Å². The van der Waals surface area contributed by atoms with Crippen molar-refractivity contribution in [1.29, 1.82) is 0 Å². The third-order valence-corrected chi connectivity index (χ3v) is 5.28. The number of piperidine rings is 1. The van der Waals surface area contributed by atoms with Gasteiger partial charge in [-0.15, -0.1) is 0 Å². The lowest BCUT2D eigenvalue weighted by molar-refractivity contribution is -0.146. The summed E-state index contributed by atoms with van der Waals surface area (Å²) in [5.74, 6) is -0.598. The number of methoxy groups -OCH3 is 1. The van der Waals surface area contributed by atoms with Crippen LogP contribution in [0.3, 0.4) is 0 Å². The summed E-state index contributed by atoms with van der Waals surface area (Å²) in [5, 5.41) is 3.44. The van der Waals surface area contributed by atoms with E-state index in [9.17, 15) is 14.0 Å². The third kappa shape index (κ3) is 4.00. The van der Waals surface area contributed by atoms with Gasteiger partial charge in [0.25, 0.3) is 0 Å². The Morgan fingerprint density at radius 3 is 2.60 bits per heavy atom. The molecule has 1 aromatic carbocycles. The Bertz CT molecular complexity index is 629. The number of hydrogen-bond acceptors (Lipinski definition) is 4. The number of rotatable bonds is 4. The van der Waals surface area contributed by atoms with Crippen LogP contribution in [-0.4, -0.2) is 37.6 Å². The van der Waals surface area contributed by atoms with E-state index < -0.39 is 0 Å². The van der Waals surface area contributed by atoms with Gasteiger partial charge >= 0.3 is 5.97 Å². The molecule has 1 aliphatic heterocycles. The number of esters is 1. The molecule has 1 atom stereocenters. The standard InChI is InChI=1S/C19H25FN2O3/c1-25-19(24)13-8-10-14(11-9-13)21-16-6-4-12-22(18(16)23)17-7-3-2-5-15(17)20/h2-3,5,7,13-14,16,21H,4,6,8-12H2,1H3/t13?,14?,16-/m1/s1. The lowest BCUT2D eigenvalue weighted by Crippen LogP contribution is -2.54. The fourth-order valence-corrected chi connectivity index (χ4v) is 3.89. The molecule has 0 unspecified atom stereocenters. The lowest BCUT2D eigenvalue weighted by Gasteiger charge is -2.36. The van der Waals surface area contributed by atoms with Crippen LogP contribution >= 0.6 is 0 Å². The van der Waals surface area contributed by atoms with Gasteiger partial charge in [0, 0.05) is 12.6 Å². The summed E-state index contributed by atoms with van der Waals surface area (Å²) in [6, 6.07) is 6.34. The Morgan fingerprint density at radius 2 is 1.92 bits per heavy atom. The Kier molecular flexibility index (Phi) is 5.68. The summed E-state index contributed by atoms with van der Waals surface area (Å²) in [5.41, 5.74) is 0.355. The number of halogens is 1. The zero-order chi connectivity index (χ0) is 17.8. The fourth-order valence-electron chi connectivity index (χ4n) is 3.89. The van der Waals surface area contributed by atoms with E-state index in [-0.39, 0.29) is 35.7 Å². The summed E-state index contributed by atoms with van der Waals surface area (Å²) < 4.78 is 18.8. The number of ether oxygens (including phenoxy) is 1. The SMILES string of the molecule is COC(=O)C1CCC(N[C@@H]2CCCN(c3ccccc3F)C2=O)CC1. The van der Waals surface area contributed by atoms with Crippen LogP contribution in [0.1, 0.15) is 38.5 Å². The fraction of sp³-hybridized carbons (Fsp3) is 0.579. The van der Waals surface area contributed by atoms with E-state index in [1.54, 1.807) is 23.1 Å². The summed E-state index contributed by atoms with van der Waals surface area (Å²) in [4.78, 5) is 26.0. The van der Waals surface area contributed by atoms with Crippen molar-refractivity contribution in [2.45, 2.75) is 50.6 Å². The molecule has 6 heteroatoms. The van der Waals surface area contributed by atoms with E-state index in [2.05, 4.69) is 5.32 Å². The maximum atomic E-state index is 14.0. The van der Waals surface area contributed by atoms with Crippen LogP contribution in [0, 0.1) is 11.7 Å². The molecule has 3 rings (SSSR count). The third-order valence-electron chi connectivity index (χ3n) is 5.28. The lowest BCUT2D eigenvalue weighted by atomic mass is 9.85. The van der Waals surface area contributed by atoms with Gasteiger partial charge in [0.1, 0.15) is 5.82 Å². The molecule has 0 aromatic heterocycles. The molecular weight excluding hydrogens is 323 g/mol. The van der Waals surface area contributed by atoms with Gasteiger partial charge in [-0.3, -0.25) is 9.59 Å². The Labute approximate surface area is 147 Å². The predicted molar refractivity (Wildman–Crippen MR) is 92.7 cm³/mol. The second-order valence-electron chi connectivity index (χ2n) is 6.87. The number of amides is 1. The number of carbonyl (C=O) groups is 2. The quantitative estimate of drug-likeness (QED) is 0.850. The van der Waals surface area contributed by atoms with Crippen LogP contribution in [-0.2, 0) is 14.3 Å². The normalized spacial score (nSPS) is 27.2. The molecule has 1 saturated heterocycles. The molecule has 0 bridgehead atoms. The molecule has 1 aliphatic carbocycles. The van der Waals surface area contributed by atoms with Gasteiger partial charge in [-0.05, 0) is 50.7 Å². The summed E-state index contributed by atoms with van der Waals surface area (Å²) in [7, 11) is 1.42. The van der Waals surface area contributed by atoms with Crippen molar-refractivity contribution in [3.63, 3.8) is 0 Å². The van der Waals surface area contributed by atoms with Crippen LogP contribution in [0.15, 0.2) is 24.3 Å². The van der Waals surface area contributed by atoms with Gasteiger partial charge in [0.15, 0.2) is 0 Å². The van der Waals surface area contributed by atoms with Crippen molar-refractivity contribution in [3.05, 3.63) is 30.1 Å². The van der Waals surface area contributed by atoms with E-state index in [0.29, 0.717) is 12.2 Å². The van der Waals surface area contributed by atoms with E-state index in [4.69, 9.17) is 4.74 Å². The van der Waals surface area contributed by atoms with Crippen molar-refractivity contribution in [2.24, 2.45) is 5.92 Å². The molecule has 0 radical (unpaired) electrons. The molecule has 2 aliphatic rings. The van der Waals surface area contributed by atoms with Crippen molar-refractivity contribution < 1.29 is 18.7 Å². The Balaban J connectivity index is 1.59. The zero-order valence-electron chi connectivity index (χ0n) is 14.5. The first-order chi connectivity index (χ1) is 12.1.